The molecule has 0 bridgehead atoms. The largest absolute Gasteiger partial charge is 0.365 e. The topological polar surface area (TPSA) is 72.1 Å². The Kier molecular flexibility index (Phi) is 3.43. The summed E-state index contributed by atoms with van der Waals surface area (Å²) in [6, 6.07) is 5.26. The molecule has 0 aliphatic rings. The highest BCUT2D eigenvalue weighted by Crippen LogP contribution is 2.27. The number of hydrogen-bond donors (Lipinski definition) is 1. The zero-order valence-electron chi connectivity index (χ0n) is 9.67. The van der Waals surface area contributed by atoms with Gasteiger partial charge in [-0.05, 0) is 18.2 Å². The van der Waals surface area contributed by atoms with Gasteiger partial charge in [0, 0.05) is 19.4 Å². The second kappa shape index (κ2) is 5.01. The number of nitrogens with zero attached hydrogens (tertiary/aromatic N) is 3. The van der Waals surface area contributed by atoms with Crippen LogP contribution in [-0.4, -0.2) is 22.9 Å². The molecule has 2 N–H and O–H groups in total. The summed E-state index contributed by atoms with van der Waals surface area (Å²) < 4.78 is 0. The molecule has 2 aromatic heterocycles. The van der Waals surface area contributed by atoms with Gasteiger partial charge in [0.15, 0.2) is 0 Å². The molecule has 18 heavy (non-hydrogen) atoms. The number of amides is 1. The maximum absolute atomic E-state index is 11.4. The summed E-state index contributed by atoms with van der Waals surface area (Å²) in [6.07, 6.45) is 4.72. The summed E-state index contributed by atoms with van der Waals surface area (Å²) in [7, 11) is 1.80. The average molecular weight is 263 g/mol. The van der Waals surface area contributed by atoms with Crippen molar-refractivity contribution < 1.29 is 4.79 Å². The Morgan fingerprint density at radius 3 is 2.83 bits per heavy atom. The molecule has 0 spiro atoms. The van der Waals surface area contributed by atoms with E-state index in [2.05, 4.69) is 9.97 Å². The number of primary amides is 1. The average Bonchev–Trinajstić information content (AvgIpc) is 2.38. The Labute approximate surface area is 109 Å². The van der Waals surface area contributed by atoms with Crippen molar-refractivity contribution in [1.29, 1.82) is 0 Å². The molecule has 0 aliphatic carbocycles. The van der Waals surface area contributed by atoms with Crippen LogP contribution in [-0.2, 0) is 0 Å². The Morgan fingerprint density at radius 1 is 1.44 bits per heavy atom. The van der Waals surface area contributed by atoms with Gasteiger partial charge in [0.2, 0.25) is 0 Å². The molecule has 0 aliphatic heterocycles. The number of carbonyl (C=O) groups excluding carboxylic acids is 1. The first-order valence-electron chi connectivity index (χ1n) is 5.18. The van der Waals surface area contributed by atoms with Crippen molar-refractivity contribution in [3.63, 3.8) is 0 Å². The maximum atomic E-state index is 11.4. The SMILES string of the molecule is CN(c1cccnc1)c1cc(Cl)ncc1C(N)=O. The molecule has 2 heterocycles. The molecule has 0 radical (unpaired) electrons. The van der Waals surface area contributed by atoms with Crippen LogP contribution in [0.25, 0.3) is 0 Å². The van der Waals surface area contributed by atoms with Crippen LogP contribution in [0.2, 0.25) is 5.15 Å². The summed E-state index contributed by atoms with van der Waals surface area (Å²) in [5, 5.41) is 0.297. The Hall–Kier alpha value is -2.14. The van der Waals surface area contributed by atoms with Gasteiger partial charge in [0.25, 0.3) is 5.91 Å². The first kappa shape index (κ1) is 12.3. The summed E-state index contributed by atoms with van der Waals surface area (Å²) in [5.41, 5.74) is 7.04. The lowest BCUT2D eigenvalue weighted by Crippen LogP contribution is -2.19. The van der Waals surface area contributed by atoms with E-state index in [0.717, 1.165) is 5.69 Å². The molecule has 6 heteroatoms. The summed E-state index contributed by atoms with van der Waals surface area (Å²) in [4.78, 5) is 21.0. The van der Waals surface area contributed by atoms with Crippen LogP contribution in [0.3, 0.4) is 0 Å². The van der Waals surface area contributed by atoms with E-state index in [9.17, 15) is 4.79 Å². The predicted octanol–water partition coefficient (Wildman–Crippen LogP) is 2.00. The molecule has 0 saturated carbocycles. The van der Waals surface area contributed by atoms with Gasteiger partial charge in [0.1, 0.15) is 5.15 Å². The van der Waals surface area contributed by atoms with Crippen molar-refractivity contribution >= 4 is 28.9 Å². The number of pyridine rings is 2. The van der Waals surface area contributed by atoms with Gasteiger partial charge < -0.3 is 10.6 Å². The maximum Gasteiger partial charge on any atom is 0.252 e. The van der Waals surface area contributed by atoms with Gasteiger partial charge in [-0.3, -0.25) is 9.78 Å². The lowest BCUT2D eigenvalue weighted by Gasteiger charge is -2.21. The van der Waals surface area contributed by atoms with E-state index in [0.29, 0.717) is 16.4 Å². The monoisotopic (exact) mass is 262 g/mol. The van der Waals surface area contributed by atoms with E-state index in [-0.39, 0.29) is 0 Å². The molecule has 1 amide bonds. The van der Waals surface area contributed by atoms with Gasteiger partial charge in [-0.25, -0.2) is 4.98 Å². The number of aromatic nitrogens is 2. The minimum absolute atomic E-state index is 0.297. The fourth-order valence-corrected chi connectivity index (χ4v) is 1.73. The van der Waals surface area contributed by atoms with Gasteiger partial charge in [-0.1, -0.05) is 11.6 Å². The van der Waals surface area contributed by atoms with E-state index >= 15 is 0 Å². The van der Waals surface area contributed by atoms with Crippen molar-refractivity contribution in [2.24, 2.45) is 5.73 Å². The van der Waals surface area contributed by atoms with Crippen LogP contribution < -0.4 is 10.6 Å². The van der Waals surface area contributed by atoms with Crippen LogP contribution >= 0.6 is 11.6 Å². The third-order valence-corrected chi connectivity index (χ3v) is 2.72. The smallest absolute Gasteiger partial charge is 0.252 e. The molecular formula is C12H11ClN4O. The third-order valence-electron chi connectivity index (χ3n) is 2.51. The van der Waals surface area contributed by atoms with Crippen LogP contribution in [0.5, 0.6) is 0 Å². The van der Waals surface area contributed by atoms with Crippen molar-refractivity contribution in [2.45, 2.75) is 0 Å². The first-order valence-corrected chi connectivity index (χ1v) is 5.56. The zero-order chi connectivity index (χ0) is 13.1. The summed E-state index contributed by atoms with van der Waals surface area (Å²) in [6.45, 7) is 0. The summed E-state index contributed by atoms with van der Waals surface area (Å²) >= 11 is 5.85. The molecular weight excluding hydrogens is 252 g/mol. The van der Waals surface area contributed by atoms with E-state index in [1.54, 1.807) is 36.5 Å². The highest BCUT2D eigenvalue weighted by atomic mass is 35.5. The first-order chi connectivity index (χ1) is 8.59. The van der Waals surface area contributed by atoms with Crippen molar-refractivity contribution in [3.05, 3.63) is 47.5 Å². The second-order valence-corrected chi connectivity index (χ2v) is 4.05. The number of carbonyl (C=O) groups is 1. The third kappa shape index (κ3) is 2.41. The van der Waals surface area contributed by atoms with Crippen LogP contribution in [0, 0.1) is 0 Å². The lowest BCUT2D eigenvalue weighted by molar-refractivity contribution is 0.100. The number of hydrogen-bond acceptors (Lipinski definition) is 4. The Morgan fingerprint density at radius 2 is 2.22 bits per heavy atom. The molecule has 0 fully saturated rings. The zero-order valence-corrected chi connectivity index (χ0v) is 10.4. The molecule has 0 atom stereocenters. The minimum atomic E-state index is -0.551. The predicted molar refractivity (Wildman–Crippen MR) is 70.1 cm³/mol. The fourth-order valence-electron chi connectivity index (χ4n) is 1.58. The second-order valence-electron chi connectivity index (χ2n) is 3.66. The number of nitrogens with two attached hydrogens (primary N) is 1. The number of halogens is 1. The van der Waals surface area contributed by atoms with Crippen LogP contribution in [0.1, 0.15) is 10.4 Å². The standard InChI is InChI=1S/C12H11ClN4O/c1-17(8-3-2-4-15-6-8)10-5-11(13)16-7-9(10)12(14)18/h2-7H,1H3,(H2,14,18). The number of rotatable bonds is 3. The quantitative estimate of drug-likeness (QED) is 0.859. The highest BCUT2D eigenvalue weighted by Gasteiger charge is 2.14. The summed E-state index contributed by atoms with van der Waals surface area (Å²) in [5.74, 6) is -0.551. The minimum Gasteiger partial charge on any atom is -0.365 e. The molecule has 0 unspecified atom stereocenters. The van der Waals surface area contributed by atoms with Gasteiger partial charge in [-0.15, -0.1) is 0 Å². The highest BCUT2D eigenvalue weighted by molar-refractivity contribution is 6.29. The molecule has 2 rings (SSSR count). The van der Waals surface area contributed by atoms with Crippen molar-refractivity contribution in [2.75, 3.05) is 11.9 Å². The molecule has 5 nitrogen and oxygen atoms in total. The number of anilines is 2. The van der Waals surface area contributed by atoms with Crippen molar-refractivity contribution in [3.8, 4) is 0 Å². The molecule has 92 valence electrons. The van der Waals surface area contributed by atoms with E-state index in [1.165, 1.54) is 6.20 Å². The van der Waals surface area contributed by atoms with Gasteiger partial charge in [0.05, 0.1) is 23.1 Å². The van der Waals surface area contributed by atoms with Gasteiger partial charge >= 0.3 is 0 Å². The fraction of sp³-hybridized carbons (Fsp3) is 0.0833. The molecule has 2 aromatic rings. The van der Waals surface area contributed by atoms with Gasteiger partial charge in [-0.2, -0.15) is 0 Å². The van der Waals surface area contributed by atoms with E-state index in [4.69, 9.17) is 17.3 Å². The van der Waals surface area contributed by atoms with E-state index < -0.39 is 5.91 Å². The Balaban J connectivity index is 2.50. The lowest BCUT2D eigenvalue weighted by atomic mass is 10.2. The molecule has 0 saturated heterocycles. The van der Waals surface area contributed by atoms with Crippen LogP contribution in [0.15, 0.2) is 36.8 Å². The van der Waals surface area contributed by atoms with Crippen molar-refractivity contribution in [1.82, 2.24) is 9.97 Å². The molecule has 0 aromatic carbocycles. The van der Waals surface area contributed by atoms with Crippen LogP contribution in [0.4, 0.5) is 11.4 Å². The van der Waals surface area contributed by atoms with E-state index in [1.807, 2.05) is 6.07 Å². The normalized spacial score (nSPS) is 10.1. The Bertz CT molecular complexity index is 574.